The lowest BCUT2D eigenvalue weighted by atomic mass is 10.1. The van der Waals surface area contributed by atoms with Crippen LogP contribution < -0.4 is 4.90 Å². The highest BCUT2D eigenvalue weighted by Crippen LogP contribution is 2.19. The monoisotopic (exact) mass is 345 g/mol. The molecule has 6 heteroatoms. The molecule has 0 radical (unpaired) electrons. The van der Waals surface area contributed by atoms with Crippen molar-refractivity contribution in [2.75, 3.05) is 32.1 Å². The second-order valence-electron chi connectivity index (χ2n) is 6.31. The number of thiophene rings is 1. The molecule has 0 amide bonds. The predicted molar refractivity (Wildman–Crippen MR) is 96.6 cm³/mol. The molecule has 1 aliphatic rings. The van der Waals surface area contributed by atoms with Crippen molar-refractivity contribution in [3.05, 3.63) is 46.3 Å². The standard InChI is InChI=1S/C18H23N3O2S/c1-20(2)17-11-15(3-7-19-17)18(22)23-16-4-8-21(9-5-16)12-14-6-10-24-13-14/h3,6-7,10-11,13,16H,4-5,8-9,12H2,1-2H3. The van der Waals surface area contributed by atoms with E-state index in [0.717, 1.165) is 38.3 Å². The largest absolute Gasteiger partial charge is 0.459 e. The minimum absolute atomic E-state index is 0.00666. The van der Waals surface area contributed by atoms with Gasteiger partial charge in [0.2, 0.25) is 0 Å². The molecule has 2 aromatic heterocycles. The molecule has 0 atom stereocenters. The van der Waals surface area contributed by atoms with Crippen LogP contribution >= 0.6 is 11.3 Å². The van der Waals surface area contributed by atoms with Crippen molar-refractivity contribution in [3.63, 3.8) is 0 Å². The summed E-state index contributed by atoms with van der Waals surface area (Å²) >= 11 is 1.73. The number of carbonyl (C=O) groups excluding carboxylic acids is 1. The average molecular weight is 345 g/mol. The fraction of sp³-hybridized carbons (Fsp3) is 0.444. The Kier molecular flexibility index (Phi) is 5.48. The van der Waals surface area contributed by atoms with Gasteiger partial charge >= 0.3 is 5.97 Å². The molecule has 24 heavy (non-hydrogen) atoms. The summed E-state index contributed by atoms with van der Waals surface area (Å²) in [4.78, 5) is 20.9. The number of esters is 1. The van der Waals surface area contributed by atoms with Crippen LogP contribution in [-0.4, -0.2) is 49.1 Å². The van der Waals surface area contributed by atoms with Crippen molar-refractivity contribution in [2.45, 2.75) is 25.5 Å². The summed E-state index contributed by atoms with van der Waals surface area (Å²) in [6.07, 6.45) is 3.44. The summed E-state index contributed by atoms with van der Waals surface area (Å²) in [5.41, 5.74) is 1.93. The first kappa shape index (κ1) is 16.9. The normalized spacial score (nSPS) is 16.1. The van der Waals surface area contributed by atoms with Crippen LogP contribution in [0.2, 0.25) is 0 Å². The molecule has 0 bridgehead atoms. The van der Waals surface area contributed by atoms with E-state index in [2.05, 4.69) is 26.7 Å². The first-order chi connectivity index (χ1) is 11.6. The number of pyridine rings is 1. The maximum Gasteiger partial charge on any atom is 0.338 e. The summed E-state index contributed by atoms with van der Waals surface area (Å²) < 4.78 is 5.69. The fourth-order valence-corrected chi connectivity index (χ4v) is 3.50. The third-order valence-electron chi connectivity index (χ3n) is 4.23. The van der Waals surface area contributed by atoms with E-state index in [1.807, 2.05) is 19.0 Å². The molecule has 0 aromatic carbocycles. The lowest BCUT2D eigenvalue weighted by Gasteiger charge is -2.31. The summed E-state index contributed by atoms with van der Waals surface area (Å²) in [6, 6.07) is 5.65. The molecule has 3 heterocycles. The van der Waals surface area contributed by atoms with Crippen molar-refractivity contribution in [2.24, 2.45) is 0 Å². The van der Waals surface area contributed by atoms with E-state index in [1.165, 1.54) is 5.56 Å². The molecule has 0 saturated carbocycles. The molecule has 0 unspecified atom stereocenters. The van der Waals surface area contributed by atoms with Crippen molar-refractivity contribution >= 4 is 23.1 Å². The van der Waals surface area contributed by atoms with Crippen LogP contribution in [0.15, 0.2) is 35.2 Å². The molecule has 5 nitrogen and oxygen atoms in total. The number of carbonyl (C=O) groups is 1. The third-order valence-corrected chi connectivity index (χ3v) is 4.97. The number of likely N-dealkylation sites (tertiary alicyclic amines) is 1. The van der Waals surface area contributed by atoms with Crippen LogP contribution in [0.25, 0.3) is 0 Å². The first-order valence-corrected chi connectivity index (χ1v) is 9.14. The van der Waals surface area contributed by atoms with Crippen molar-refractivity contribution in [1.82, 2.24) is 9.88 Å². The number of nitrogens with zero attached hydrogens (tertiary/aromatic N) is 3. The van der Waals surface area contributed by atoms with Gasteiger partial charge in [0.25, 0.3) is 0 Å². The molecule has 0 N–H and O–H groups in total. The Bertz CT molecular complexity index is 665. The molecule has 0 aliphatic carbocycles. The zero-order valence-electron chi connectivity index (χ0n) is 14.1. The van der Waals surface area contributed by atoms with Gasteiger partial charge in [-0.25, -0.2) is 9.78 Å². The van der Waals surface area contributed by atoms with Gasteiger partial charge in [0.05, 0.1) is 5.56 Å². The Labute approximate surface area is 146 Å². The van der Waals surface area contributed by atoms with Gasteiger partial charge in [-0.2, -0.15) is 11.3 Å². The Hall–Kier alpha value is -1.92. The lowest BCUT2D eigenvalue weighted by molar-refractivity contribution is 0.0104. The van der Waals surface area contributed by atoms with Crippen LogP contribution in [0, 0.1) is 0 Å². The van der Waals surface area contributed by atoms with E-state index < -0.39 is 0 Å². The number of piperidine rings is 1. The number of hydrogen-bond donors (Lipinski definition) is 0. The molecule has 1 aliphatic heterocycles. The molecular weight excluding hydrogens is 322 g/mol. The zero-order valence-corrected chi connectivity index (χ0v) is 15.0. The topological polar surface area (TPSA) is 45.7 Å². The highest BCUT2D eigenvalue weighted by molar-refractivity contribution is 7.07. The molecule has 1 saturated heterocycles. The SMILES string of the molecule is CN(C)c1cc(C(=O)OC2CCN(Cc3ccsc3)CC2)ccn1. The number of anilines is 1. The average Bonchev–Trinajstić information content (AvgIpc) is 3.10. The van der Waals surface area contributed by atoms with Crippen molar-refractivity contribution < 1.29 is 9.53 Å². The van der Waals surface area contributed by atoms with E-state index in [-0.39, 0.29) is 12.1 Å². The first-order valence-electron chi connectivity index (χ1n) is 8.19. The van der Waals surface area contributed by atoms with E-state index >= 15 is 0 Å². The molecule has 1 fully saturated rings. The molecule has 2 aromatic rings. The van der Waals surface area contributed by atoms with E-state index in [4.69, 9.17) is 4.74 Å². The van der Waals surface area contributed by atoms with Crippen LogP contribution in [0.3, 0.4) is 0 Å². The Morgan fingerprint density at radius 3 is 2.83 bits per heavy atom. The molecular formula is C18H23N3O2S. The summed E-state index contributed by atoms with van der Waals surface area (Å²) in [5.74, 6) is 0.506. The van der Waals surface area contributed by atoms with Gasteiger partial charge in [-0.15, -0.1) is 0 Å². The summed E-state index contributed by atoms with van der Waals surface area (Å²) in [5, 5.41) is 4.30. The third kappa shape index (κ3) is 4.33. The Balaban J connectivity index is 1.50. The van der Waals surface area contributed by atoms with E-state index in [0.29, 0.717) is 5.56 Å². The molecule has 3 rings (SSSR count). The van der Waals surface area contributed by atoms with Gasteiger partial charge in [-0.05, 0) is 47.4 Å². The van der Waals surface area contributed by atoms with Crippen LogP contribution in [0.4, 0.5) is 5.82 Å². The fourth-order valence-electron chi connectivity index (χ4n) is 2.84. The van der Waals surface area contributed by atoms with Gasteiger partial charge in [0.1, 0.15) is 11.9 Å². The van der Waals surface area contributed by atoms with Gasteiger partial charge in [0, 0.05) is 39.9 Å². The number of ether oxygens (including phenoxy) is 1. The Morgan fingerprint density at radius 2 is 2.17 bits per heavy atom. The number of aromatic nitrogens is 1. The highest BCUT2D eigenvalue weighted by atomic mass is 32.1. The quantitative estimate of drug-likeness (QED) is 0.780. The predicted octanol–water partition coefficient (Wildman–Crippen LogP) is 3.03. The van der Waals surface area contributed by atoms with Crippen LogP contribution in [0.5, 0.6) is 0 Å². The zero-order chi connectivity index (χ0) is 16.9. The lowest BCUT2D eigenvalue weighted by Crippen LogP contribution is -2.37. The van der Waals surface area contributed by atoms with Gasteiger partial charge < -0.3 is 9.64 Å². The minimum atomic E-state index is -0.253. The van der Waals surface area contributed by atoms with Gasteiger partial charge in [0.15, 0.2) is 0 Å². The van der Waals surface area contributed by atoms with E-state index in [1.54, 1.807) is 29.7 Å². The van der Waals surface area contributed by atoms with Gasteiger partial charge in [-0.3, -0.25) is 4.90 Å². The highest BCUT2D eigenvalue weighted by Gasteiger charge is 2.23. The van der Waals surface area contributed by atoms with E-state index in [9.17, 15) is 4.79 Å². The Morgan fingerprint density at radius 1 is 1.38 bits per heavy atom. The maximum absolute atomic E-state index is 12.3. The number of hydrogen-bond acceptors (Lipinski definition) is 6. The summed E-state index contributed by atoms with van der Waals surface area (Å²) in [7, 11) is 3.81. The maximum atomic E-state index is 12.3. The minimum Gasteiger partial charge on any atom is -0.459 e. The van der Waals surface area contributed by atoms with Crippen LogP contribution in [-0.2, 0) is 11.3 Å². The summed E-state index contributed by atoms with van der Waals surface area (Å²) in [6.45, 7) is 2.92. The number of rotatable bonds is 5. The second-order valence-corrected chi connectivity index (χ2v) is 7.09. The smallest absolute Gasteiger partial charge is 0.338 e. The van der Waals surface area contributed by atoms with Crippen LogP contribution in [0.1, 0.15) is 28.8 Å². The van der Waals surface area contributed by atoms with Gasteiger partial charge in [-0.1, -0.05) is 0 Å². The second kappa shape index (κ2) is 7.77. The van der Waals surface area contributed by atoms with Crippen molar-refractivity contribution in [3.8, 4) is 0 Å². The van der Waals surface area contributed by atoms with Crippen molar-refractivity contribution in [1.29, 1.82) is 0 Å². The molecule has 0 spiro atoms. The molecule has 128 valence electrons.